The number of hydrogen-bond acceptors (Lipinski definition) is 6. The first-order valence-electron chi connectivity index (χ1n) is 9.49. The predicted octanol–water partition coefficient (Wildman–Crippen LogP) is 3.53. The molecule has 0 saturated carbocycles. The van der Waals surface area contributed by atoms with Crippen molar-refractivity contribution in [2.75, 3.05) is 17.2 Å². The molecule has 4 rings (SSSR count). The molecule has 1 heterocycles. The third-order valence-corrected chi connectivity index (χ3v) is 4.89. The molecule has 0 aliphatic carbocycles. The van der Waals surface area contributed by atoms with Gasteiger partial charge in [0.1, 0.15) is 17.5 Å². The van der Waals surface area contributed by atoms with Gasteiger partial charge in [0.25, 0.3) is 0 Å². The van der Waals surface area contributed by atoms with Crippen molar-refractivity contribution >= 4 is 22.9 Å². The number of allylic oxidation sites excluding steroid dienone is 1. The molecule has 0 bridgehead atoms. The Morgan fingerprint density at radius 1 is 0.767 bits per heavy atom. The summed E-state index contributed by atoms with van der Waals surface area (Å²) in [4.78, 5) is 26.8. The number of carbonyl (C=O) groups excluding carboxylic acids is 2. The quantitative estimate of drug-likeness (QED) is 0.219. The Morgan fingerprint density at radius 3 is 1.97 bits per heavy atom. The van der Waals surface area contributed by atoms with Crippen molar-refractivity contribution in [3.63, 3.8) is 0 Å². The molecule has 4 N–H and O–H groups in total. The van der Waals surface area contributed by atoms with Crippen molar-refractivity contribution < 1.29 is 19.8 Å². The van der Waals surface area contributed by atoms with E-state index < -0.39 is 24.3 Å². The van der Waals surface area contributed by atoms with Crippen LogP contribution in [-0.4, -0.2) is 28.4 Å². The van der Waals surface area contributed by atoms with Crippen LogP contribution in [0.15, 0.2) is 90.3 Å². The largest absolute Gasteiger partial charge is 0.393 e. The highest BCUT2D eigenvalue weighted by Gasteiger charge is 2.29. The van der Waals surface area contributed by atoms with E-state index in [0.29, 0.717) is 16.9 Å². The number of rotatable bonds is 6. The van der Waals surface area contributed by atoms with Crippen LogP contribution in [0, 0.1) is 0 Å². The lowest BCUT2D eigenvalue weighted by molar-refractivity contribution is 0.0945. The minimum absolute atomic E-state index is 0.0342. The lowest BCUT2D eigenvalue weighted by atomic mass is 9.94. The summed E-state index contributed by atoms with van der Waals surface area (Å²) < 4.78 is 0. The summed E-state index contributed by atoms with van der Waals surface area (Å²) in [6, 6.07) is 22.3. The standard InChI is InChI=1S/C24H20N2O4/c27-14-20(28)16-9-6-10-17(13-16)23(30)21(22(29)15-7-2-1-3-8-15)24-25-18-11-4-5-12-19(18)26-24/h1-13,20,25-28H,14H2/t20-/m0/s1. The Balaban J connectivity index is 1.80. The fourth-order valence-corrected chi connectivity index (χ4v) is 3.33. The van der Waals surface area contributed by atoms with Crippen LogP contribution in [0.3, 0.4) is 0 Å². The molecule has 6 heteroatoms. The van der Waals surface area contributed by atoms with Gasteiger partial charge >= 0.3 is 0 Å². The number of aliphatic hydroxyl groups excluding tert-OH is 2. The van der Waals surface area contributed by atoms with Crippen LogP contribution in [0.5, 0.6) is 0 Å². The van der Waals surface area contributed by atoms with E-state index in [2.05, 4.69) is 10.6 Å². The van der Waals surface area contributed by atoms with Gasteiger partial charge in [-0.2, -0.15) is 0 Å². The molecular formula is C24H20N2O4. The van der Waals surface area contributed by atoms with Crippen molar-refractivity contribution in [2.24, 2.45) is 0 Å². The Kier molecular flexibility index (Phi) is 5.43. The van der Waals surface area contributed by atoms with Crippen LogP contribution in [-0.2, 0) is 0 Å². The van der Waals surface area contributed by atoms with Crippen LogP contribution in [0.25, 0.3) is 0 Å². The normalized spacial score (nSPS) is 13.1. The van der Waals surface area contributed by atoms with Crippen molar-refractivity contribution in [3.8, 4) is 0 Å². The third-order valence-electron chi connectivity index (χ3n) is 4.89. The number of ketones is 2. The Morgan fingerprint density at radius 2 is 1.33 bits per heavy atom. The van der Waals surface area contributed by atoms with E-state index in [0.717, 1.165) is 11.4 Å². The van der Waals surface area contributed by atoms with Crippen LogP contribution in [0.4, 0.5) is 11.4 Å². The Bertz CT molecular complexity index is 1110. The highest BCUT2D eigenvalue weighted by atomic mass is 16.3. The first-order chi connectivity index (χ1) is 14.6. The minimum Gasteiger partial charge on any atom is -0.393 e. The first-order valence-corrected chi connectivity index (χ1v) is 9.49. The smallest absolute Gasteiger partial charge is 0.200 e. The van der Waals surface area contributed by atoms with E-state index in [1.807, 2.05) is 24.3 Å². The summed E-state index contributed by atoms with van der Waals surface area (Å²) in [6.45, 7) is -0.465. The number of Topliss-reactive ketones (excluding diaryl/α,β-unsaturated/α-hetero) is 2. The average Bonchev–Trinajstić information content (AvgIpc) is 3.22. The number of para-hydroxylation sites is 2. The molecule has 1 aliphatic heterocycles. The number of aliphatic hydroxyl groups is 2. The van der Waals surface area contributed by atoms with Gasteiger partial charge in [-0.05, 0) is 23.8 Å². The zero-order valence-electron chi connectivity index (χ0n) is 16.0. The molecule has 0 amide bonds. The zero-order chi connectivity index (χ0) is 21.1. The maximum Gasteiger partial charge on any atom is 0.200 e. The van der Waals surface area contributed by atoms with Gasteiger partial charge in [-0.1, -0.05) is 60.7 Å². The Hall–Kier alpha value is -3.74. The molecule has 6 nitrogen and oxygen atoms in total. The monoisotopic (exact) mass is 400 g/mol. The van der Waals surface area contributed by atoms with E-state index >= 15 is 0 Å². The maximum atomic E-state index is 13.5. The molecule has 150 valence electrons. The molecule has 1 atom stereocenters. The molecular weight excluding hydrogens is 380 g/mol. The van der Waals surface area contributed by atoms with Gasteiger partial charge in [0.2, 0.25) is 11.6 Å². The number of carbonyl (C=O) groups is 2. The topological polar surface area (TPSA) is 98.7 Å². The lowest BCUT2D eigenvalue weighted by Gasteiger charge is -2.13. The van der Waals surface area contributed by atoms with Gasteiger partial charge in [0, 0.05) is 11.1 Å². The van der Waals surface area contributed by atoms with Gasteiger partial charge in [-0.3, -0.25) is 9.59 Å². The van der Waals surface area contributed by atoms with Gasteiger partial charge in [0.15, 0.2) is 0 Å². The van der Waals surface area contributed by atoms with Crippen LogP contribution < -0.4 is 10.6 Å². The van der Waals surface area contributed by atoms with Crippen molar-refractivity contribution in [1.82, 2.24) is 0 Å². The van der Waals surface area contributed by atoms with Gasteiger partial charge in [-0.25, -0.2) is 0 Å². The van der Waals surface area contributed by atoms with Crippen LogP contribution in [0.1, 0.15) is 32.4 Å². The van der Waals surface area contributed by atoms with Crippen LogP contribution >= 0.6 is 0 Å². The SMILES string of the molecule is O=C(C(C(=O)c1cccc([C@@H](O)CO)c1)=C1Nc2ccccc2N1)c1ccccc1. The van der Waals surface area contributed by atoms with E-state index in [-0.39, 0.29) is 11.1 Å². The molecule has 30 heavy (non-hydrogen) atoms. The predicted molar refractivity (Wildman–Crippen MR) is 114 cm³/mol. The minimum atomic E-state index is -1.11. The molecule has 1 aliphatic rings. The molecule has 0 saturated heterocycles. The number of anilines is 2. The maximum absolute atomic E-state index is 13.5. The average molecular weight is 400 g/mol. The summed E-state index contributed by atoms with van der Waals surface area (Å²) >= 11 is 0. The van der Waals surface area contributed by atoms with Crippen molar-refractivity contribution in [1.29, 1.82) is 0 Å². The summed E-state index contributed by atoms with van der Waals surface area (Å²) in [6.07, 6.45) is -1.11. The first kappa shape index (κ1) is 19.6. The number of nitrogens with one attached hydrogen (secondary N) is 2. The number of fused-ring (bicyclic) bond motifs is 1. The third kappa shape index (κ3) is 3.74. The number of hydrogen-bond donors (Lipinski definition) is 4. The summed E-state index contributed by atoms with van der Waals surface area (Å²) in [5, 5.41) is 25.4. The molecule has 0 fully saturated rings. The summed E-state index contributed by atoms with van der Waals surface area (Å²) in [7, 11) is 0. The molecule has 0 aromatic heterocycles. The second-order valence-corrected chi connectivity index (χ2v) is 6.89. The van der Waals surface area contributed by atoms with Gasteiger partial charge in [-0.15, -0.1) is 0 Å². The highest BCUT2D eigenvalue weighted by Crippen LogP contribution is 2.32. The second kappa shape index (κ2) is 8.32. The van der Waals surface area contributed by atoms with E-state index in [4.69, 9.17) is 0 Å². The number of benzene rings is 3. The molecule has 3 aromatic carbocycles. The van der Waals surface area contributed by atoms with E-state index in [9.17, 15) is 19.8 Å². The zero-order valence-corrected chi connectivity index (χ0v) is 16.0. The van der Waals surface area contributed by atoms with E-state index in [1.165, 1.54) is 6.07 Å². The summed E-state index contributed by atoms with van der Waals surface area (Å²) in [5.74, 6) is -0.599. The van der Waals surface area contributed by atoms with Gasteiger partial charge < -0.3 is 20.8 Å². The molecule has 0 spiro atoms. The molecule has 0 radical (unpaired) electrons. The van der Waals surface area contributed by atoms with Crippen LogP contribution in [0.2, 0.25) is 0 Å². The van der Waals surface area contributed by atoms with E-state index in [1.54, 1.807) is 48.5 Å². The Labute approximate surface area is 173 Å². The fraction of sp³-hybridized carbons (Fsp3) is 0.0833. The highest BCUT2D eigenvalue weighted by molar-refractivity contribution is 6.32. The lowest BCUT2D eigenvalue weighted by Crippen LogP contribution is -2.21. The molecule has 0 unspecified atom stereocenters. The fourth-order valence-electron chi connectivity index (χ4n) is 3.33. The second-order valence-electron chi connectivity index (χ2n) is 6.89. The molecule has 3 aromatic rings. The summed E-state index contributed by atoms with van der Waals surface area (Å²) in [5.41, 5.74) is 2.53. The van der Waals surface area contributed by atoms with Gasteiger partial charge in [0.05, 0.1) is 18.0 Å². The van der Waals surface area contributed by atoms with Crippen molar-refractivity contribution in [2.45, 2.75) is 6.10 Å². The van der Waals surface area contributed by atoms with Crippen molar-refractivity contribution in [3.05, 3.63) is 107 Å².